The minimum absolute atomic E-state index is 0.0617. The summed E-state index contributed by atoms with van der Waals surface area (Å²) in [4.78, 5) is 13.5. The van der Waals surface area contributed by atoms with Crippen LogP contribution in [0.25, 0.3) is 11.3 Å². The van der Waals surface area contributed by atoms with Crippen molar-refractivity contribution >= 4 is 40.7 Å². The van der Waals surface area contributed by atoms with E-state index in [-0.39, 0.29) is 11.9 Å². The van der Waals surface area contributed by atoms with Gasteiger partial charge in [-0.1, -0.05) is 53.4 Å². The lowest BCUT2D eigenvalue weighted by Crippen LogP contribution is -2.41. The second-order valence-electron chi connectivity index (χ2n) is 9.66. The maximum atomic E-state index is 13.5. The first-order valence-electron chi connectivity index (χ1n) is 11.6. The molecule has 170 valence electrons. The molecule has 2 aromatic carbocycles. The number of hydrogen-bond donors (Lipinski definition) is 1. The number of carbonyl (C=O) groups is 1. The summed E-state index contributed by atoms with van der Waals surface area (Å²) in [6.07, 6.45) is 6.73. The molecule has 4 nitrogen and oxygen atoms in total. The molecule has 3 aliphatic rings. The Labute approximate surface area is 208 Å². The number of carbonyl (C=O) groups excluding carboxylic acids is 1. The van der Waals surface area contributed by atoms with Crippen LogP contribution in [0.3, 0.4) is 0 Å². The highest BCUT2D eigenvalue weighted by Crippen LogP contribution is 2.43. The first-order chi connectivity index (χ1) is 16.0. The number of hydrogen-bond acceptors (Lipinski definition) is 2. The molecule has 33 heavy (non-hydrogen) atoms. The van der Waals surface area contributed by atoms with Gasteiger partial charge in [-0.25, -0.2) is 0 Å². The summed E-state index contributed by atoms with van der Waals surface area (Å²) in [5.74, 6) is 1.40. The minimum Gasteiger partial charge on any atom is -0.348 e. The summed E-state index contributed by atoms with van der Waals surface area (Å²) in [6, 6.07) is 11.8. The lowest BCUT2D eigenvalue weighted by atomic mass is 9.85. The Morgan fingerprint density at radius 2 is 1.88 bits per heavy atom. The molecule has 7 heteroatoms. The first kappa shape index (κ1) is 21.5. The van der Waals surface area contributed by atoms with Crippen molar-refractivity contribution in [3.63, 3.8) is 0 Å². The molecule has 3 unspecified atom stereocenters. The van der Waals surface area contributed by atoms with Crippen LogP contribution in [0.5, 0.6) is 0 Å². The topological polar surface area (TPSA) is 46.9 Å². The molecule has 2 saturated carbocycles. The van der Waals surface area contributed by atoms with Crippen molar-refractivity contribution in [1.82, 2.24) is 15.1 Å². The van der Waals surface area contributed by atoms with Gasteiger partial charge in [-0.2, -0.15) is 5.10 Å². The van der Waals surface area contributed by atoms with Gasteiger partial charge in [0.2, 0.25) is 0 Å². The standard InChI is InChI=1S/C26H24Cl3N3O/c27-18-5-6-19-17(11-18)12-20-24(26(33)30-23-8-3-14-1-4-16(23)9-14)31-32(25(19)20)13-15-2-7-21(28)22(29)10-15/h2,5-7,10-11,14,16,23H,1,3-4,8-9,12-13H2,(H,30,33). The van der Waals surface area contributed by atoms with Crippen LogP contribution in [0.2, 0.25) is 15.1 Å². The zero-order chi connectivity index (χ0) is 22.7. The smallest absolute Gasteiger partial charge is 0.272 e. The van der Waals surface area contributed by atoms with Crippen LogP contribution >= 0.6 is 34.8 Å². The summed E-state index contributed by atoms with van der Waals surface area (Å²) in [5, 5.41) is 9.90. The third kappa shape index (κ3) is 3.86. The van der Waals surface area contributed by atoms with Crippen molar-refractivity contribution in [2.45, 2.75) is 51.1 Å². The highest BCUT2D eigenvalue weighted by molar-refractivity contribution is 6.42. The van der Waals surface area contributed by atoms with E-state index in [1.54, 1.807) is 6.07 Å². The van der Waals surface area contributed by atoms with Gasteiger partial charge in [0, 0.05) is 28.6 Å². The number of nitrogens with one attached hydrogen (secondary N) is 1. The molecular weight excluding hydrogens is 477 g/mol. The van der Waals surface area contributed by atoms with Gasteiger partial charge in [0.15, 0.2) is 5.69 Å². The Bertz CT molecular complexity index is 1270. The summed E-state index contributed by atoms with van der Waals surface area (Å²) in [6.45, 7) is 0.502. The second kappa shape index (κ2) is 8.33. The predicted molar refractivity (Wildman–Crippen MR) is 132 cm³/mol. The summed E-state index contributed by atoms with van der Waals surface area (Å²) >= 11 is 18.6. The van der Waals surface area contributed by atoms with Crippen molar-refractivity contribution in [3.05, 3.63) is 73.9 Å². The molecule has 3 atom stereocenters. The van der Waals surface area contributed by atoms with Crippen molar-refractivity contribution in [2.24, 2.45) is 11.8 Å². The molecule has 0 spiro atoms. The van der Waals surface area contributed by atoms with Crippen molar-refractivity contribution in [1.29, 1.82) is 0 Å². The average molecular weight is 501 g/mol. The molecule has 3 aliphatic carbocycles. The molecule has 1 N–H and O–H groups in total. The Morgan fingerprint density at radius 1 is 1.03 bits per heavy atom. The van der Waals surface area contributed by atoms with E-state index in [1.807, 2.05) is 35.0 Å². The monoisotopic (exact) mass is 499 g/mol. The Balaban J connectivity index is 1.36. The van der Waals surface area contributed by atoms with Crippen LogP contribution in [-0.2, 0) is 13.0 Å². The highest BCUT2D eigenvalue weighted by Gasteiger charge is 2.38. The van der Waals surface area contributed by atoms with Crippen molar-refractivity contribution in [3.8, 4) is 11.3 Å². The third-order valence-corrected chi connectivity index (χ3v) is 8.60. The van der Waals surface area contributed by atoms with E-state index in [2.05, 4.69) is 5.32 Å². The molecule has 0 radical (unpaired) electrons. The quantitative estimate of drug-likeness (QED) is 0.336. The minimum atomic E-state index is -0.0617. The predicted octanol–water partition coefficient (Wildman–Crippen LogP) is 6.77. The van der Waals surface area contributed by atoms with Gasteiger partial charge in [-0.15, -0.1) is 0 Å². The Morgan fingerprint density at radius 3 is 2.73 bits per heavy atom. The number of amides is 1. The average Bonchev–Trinajstić information content (AvgIpc) is 3.45. The molecular formula is C26H24Cl3N3O. The molecule has 0 aliphatic heterocycles. The molecule has 2 fully saturated rings. The van der Waals surface area contributed by atoms with Gasteiger partial charge in [0.25, 0.3) is 5.91 Å². The van der Waals surface area contributed by atoms with Gasteiger partial charge in [0.1, 0.15) is 0 Å². The second-order valence-corrected chi connectivity index (χ2v) is 10.9. The van der Waals surface area contributed by atoms with E-state index in [9.17, 15) is 4.79 Å². The summed E-state index contributed by atoms with van der Waals surface area (Å²) in [5.41, 5.74) is 5.68. The van der Waals surface area contributed by atoms with Gasteiger partial charge in [0.05, 0.1) is 22.3 Å². The summed E-state index contributed by atoms with van der Waals surface area (Å²) in [7, 11) is 0. The van der Waals surface area contributed by atoms with Crippen LogP contribution in [0, 0.1) is 11.8 Å². The number of rotatable bonds is 4. The van der Waals surface area contributed by atoms with Crippen LogP contribution in [-0.4, -0.2) is 21.7 Å². The Hall–Kier alpha value is -2.01. The third-order valence-electron chi connectivity index (χ3n) is 7.62. The van der Waals surface area contributed by atoms with E-state index >= 15 is 0 Å². The fourth-order valence-corrected chi connectivity index (χ4v) is 6.54. The van der Waals surface area contributed by atoms with Gasteiger partial charge >= 0.3 is 0 Å². The molecule has 2 bridgehead atoms. The number of benzene rings is 2. The first-order valence-corrected chi connectivity index (χ1v) is 12.7. The molecule has 0 saturated heterocycles. The number of nitrogens with zero attached hydrogens (tertiary/aromatic N) is 2. The van der Waals surface area contributed by atoms with Gasteiger partial charge in [-0.05, 0) is 72.9 Å². The lowest BCUT2D eigenvalue weighted by Gasteiger charge is -2.29. The van der Waals surface area contributed by atoms with E-state index in [4.69, 9.17) is 39.9 Å². The van der Waals surface area contributed by atoms with Crippen LogP contribution in [0.15, 0.2) is 36.4 Å². The summed E-state index contributed by atoms with van der Waals surface area (Å²) < 4.78 is 1.93. The molecule has 1 aromatic heterocycles. The van der Waals surface area contributed by atoms with Gasteiger partial charge in [-0.3, -0.25) is 9.48 Å². The zero-order valence-corrected chi connectivity index (χ0v) is 20.4. The van der Waals surface area contributed by atoms with Crippen molar-refractivity contribution < 1.29 is 4.79 Å². The highest BCUT2D eigenvalue weighted by atomic mass is 35.5. The number of halogens is 3. The molecule has 6 rings (SSSR count). The fourth-order valence-electron chi connectivity index (χ4n) is 6.02. The van der Waals surface area contributed by atoms with E-state index < -0.39 is 0 Å². The maximum Gasteiger partial charge on any atom is 0.272 e. The number of fused-ring (bicyclic) bond motifs is 5. The van der Waals surface area contributed by atoms with Gasteiger partial charge < -0.3 is 5.32 Å². The van der Waals surface area contributed by atoms with Crippen LogP contribution < -0.4 is 5.32 Å². The van der Waals surface area contributed by atoms with Crippen LogP contribution in [0.1, 0.15) is 59.3 Å². The largest absolute Gasteiger partial charge is 0.348 e. The van der Waals surface area contributed by atoms with E-state index in [1.165, 1.54) is 25.7 Å². The van der Waals surface area contributed by atoms with E-state index in [0.717, 1.165) is 40.3 Å². The fraction of sp³-hybridized carbons (Fsp3) is 0.385. The van der Waals surface area contributed by atoms with Crippen LogP contribution in [0.4, 0.5) is 0 Å². The van der Waals surface area contributed by atoms with Crippen molar-refractivity contribution in [2.75, 3.05) is 0 Å². The molecule has 3 aromatic rings. The molecule has 1 heterocycles. The number of aromatic nitrogens is 2. The lowest BCUT2D eigenvalue weighted by molar-refractivity contribution is 0.0902. The SMILES string of the molecule is O=C(NC1CCC2CCC1C2)c1nn(Cc2ccc(Cl)c(Cl)c2)c2c1Cc1cc(Cl)ccc1-2. The zero-order valence-electron chi connectivity index (χ0n) is 18.1. The Kier molecular flexibility index (Phi) is 5.44. The molecule has 1 amide bonds. The normalized spacial score (nSPS) is 22.8. The van der Waals surface area contributed by atoms with E-state index in [0.29, 0.717) is 39.6 Å². The maximum absolute atomic E-state index is 13.5.